The highest BCUT2D eigenvalue weighted by Crippen LogP contribution is 2.33. The molecule has 4 aliphatic rings. The Bertz CT molecular complexity index is 1330. The van der Waals surface area contributed by atoms with Gasteiger partial charge in [-0.15, -0.1) is 0 Å². The highest BCUT2D eigenvalue weighted by Gasteiger charge is 2.35. The minimum absolute atomic E-state index is 0.0702. The average Bonchev–Trinajstić information content (AvgIpc) is 3.39. The van der Waals surface area contributed by atoms with Gasteiger partial charge in [0.2, 0.25) is 17.7 Å². The number of likely N-dealkylation sites (tertiary alicyclic amines) is 1. The van der Waals surface area contributed by atoms with Gasteiger partial charge in [0.15, 0.2) is 11.5 Å². The summed E-state index contributed by atoms with van der Waals surface area (Å²) >= 11 is 0. The molecule has 12 nitrogen and oxygen atoms in total. The molecule has 4 heterocycles. The average molecular weight is 581 g/mol. The Kier molecular flexibility index (Phi) is 9.11. The van der Waals surface area contributed by atoms with Gasteiger partial charge < -0.3 is 34.1 Å². The van der Waals surface area contributed by atoms with Crippen molar-refractivity contribution in [3.63, 3.8) is 0 Å². The predicted molar refractivity (Wildman–Crippen MR) is 150 cm³/mol. The Morgan fingerprint density at radius 2 is 1.93 bits per heavy atom. The largest absolute Gasteiger partial charge is 0.493 e. The summed E-state index contributed by atoms with van der Waals surface area (Å²) < 4.78 is 22.9. The zero-order chi connectivity index (χ0) is 29.6. The van der Waals surface area contributed by atoms with Crippen LogP contribution in [0.5, 0.6) is 17.2 Å². The predicted octanol–water partition coefficient (Wildman–Crippen LogP) is 1.95. The lowest BCUT2D eigenvalue weighted by atomic mass is 10.0. The number of fused-ring (bicyclic) bond motifs is 9. The minimum Gasteiger partial charge on any atom is -0.493 e. The zero-order valence-electron chi connectivity index (χ0n) is 23.9. The third-order valence-electron chi connectivity index (χ3n) is 7.68. The van der Waals surface area contributed by atoms with Gasteiger partial charge in [0, 0.05) is 26.6 Å². The summed E-state index contributed by atoms with van der Waals surface area (Å²) in [4.78, 5) is 55.1. The van der Waals surface area contributed by atoms with Crippen molar-refractivity contribution in [3.05, 3.63) is 53.6 Å². The third kappa shape index (κ3) is 7.11. The number of cyclic esters (lactones) is 1. The molecule has 0 unspecified atom stereocenters. The maximum Gasteiger partial charge on any atom is 0.410 e. The molecule has 4 aliphatic heterocycles. The number of amides is 4. The van der Waals surface area contributed by atoms with Gasteiger partial charge in [-0.2, -0.15) is 0 Å². The Labute approximate surface area is 244 Å². The van der Waals surface area contributed by atoms with Crippen molar-refractivity contribution in [2.24, 2.45) is 0 Å². The van der Waals surface area contributed by atoms with Crippen molar-refractivity contribution < 1.29 is 38.1 Å². The molecule has 2 aromatic rings. The summed E-state index contributed by atoms with van der Waals surface area (Å²) in [5, 5.41) is 3.02. The zero-order valence-corrected chi connectivity index (χ0v) is 23.9. The Morgan fingerprint density at radius 1 is 1.07 bits per heavy atom. The van der Waals surface area contributed by atoms with E-state index in [2.05, 4.69) is 5.32 Å². The van der Waals surface area contributed by atoms with Gasteiger partial charge >= 0.3 is 6.09 Å². The number of likely N-dealkylation sites (N-methyl/N-ethyl adjacent to an activating group) is 1. The van der Waals surface area contributed by atoms with Gasteiger partial charge in [0.05, 0.1) is 39.0 Å². The molecule has 1 N–H and O–H groups in total. The number of rotatable bonds is 3. The highest BCUT2D eigenvalue weighted by atomic mass is 16.6. The van der Waals surface area contributed by atoms with Gasteiger partial charge in [-0.3, -0.25) is 19.3 Å². The van der Waals surface area contributed by atoms with Gasteiger partial charge in [0.1, 0.15) is 18.9 Å². The fourth-order valence-electron chi connectivity index (χ4n) is 5.29. The minimum atomic E-state index is -0.517. The molecule has 2 atom stereocenters. The molecule has 0 saturated carbocycles. The topological polar surface area (TPSA) is 127 Å². The van der Waals surface area contributed by atoms with Crippen LogP contribution in [0.4, 0.5) is 4.79 Å². The van der Waals surface area contributed by atoms with Crippen molar-refractivity contribution >= 4 is 23.8 Å². The first-order valence-electron chi connectivity index (χ1n) is 14.1. The van der Waals surface area contributed by atoms with Crippen LogP contribution in [0.25, 0.3) is 0 Å². The van der Waals surface area contributed by atoms with Gasteiger partial charge in [-0.05, 0) is 48.2 Å². The van der Waals surface area contributed by atoms with E-state index in [0.29, 0.717) is 43.2 Å². The second-order valence-corrected chi connectivity index (χ2v) is 10.7. The maximum absolute atomic E-state index is 13.0. The van der Waals surface area contributed by atoms with Crippen molar-refractivity contribution in [2.75, 3.05) is 53.5 Å². The normalized spacial score (nSPS) is 21.9. The summed E-state index contributed by atoms with van der Waals surface area (Å²) in [7, 11) is 3.17. The number of benzene rings is 2. The molecule has 2 saturated heterocycles. The lowest BCUT2D eigenvalue weighted by Crippen LogP contribution is -2.58. The number of aryl methyl sites for hydroxylation is 1. The second kappa shape index (κ2) is 13.1. The van der Waals surface area contributed by atoms with E-state index in [1.807, 2.05) is 42.5 Å². The number of ether oxygens (including phenoxy) is 4. The van der Waals surface area contributed by atoms with Crippen LogP contribution in [0.1, 0.15) is 24.0 Å². The van der Waals surface area contributed by atoms with Gasteiger partial charge in [0.25, 0.3) is 0 Å². The molecule has 6 rings (SSSR count). The number of hydrogen-bond donors (Lipinski definition) is 1. The summed E-state index contributed by atoms with van der Waals surface area (Å²) in [5.41, 5.74) is 1.76. The van der Waals surface area contributed by atoms with Crippen LogP contribution < -0.4 is 14.8 Å². The Morgan fingerprint density at radius 3 is 2.71 bits per heavy atom. The molecule has 0 radical (unpaired) electrons. The Hall–Kier alpha value is -4.32. The Balaban J connectivity index is 1.36. The van der Waals surface area contributed by atoms with Crippen molar-refractivity contribution in [1.82, 2.24) is 20.0 Å². The summed E-state index contributed by atoms with van der Waals surface area (Å²) in [6, 6.07) is 12.7. The first kappa shape index (κ1) is 29.2. The molecule has 0 aliphatic carbocycles. The molecule has 12 heteroatoms. The standard InChI is InChI=1S/C30H36N4O8/c1-32-17-27(35)31-23-10-11-33(29(37)18-34-12-13-40-30(34)38)16-26(23)41-19-21-4-3-5-22(14-21)42-24-8-6-20(7-9-28(32)36)15-25(24)39-2/h3-6,8,14-15,23,26H,7,9-13,16-19H2,1-2H3,(H,31,35)/t23-,26-/m0/s1. The van der Waals surface area contributed by atoms with Crippen molar-refractivity contribution in [2.45, 2.75) is 38.0 Å². The smallest absolute Gasteiger partial charge is 0.410 e. The van der Waals surface area contributed by atoms with Crippen LogP contribution in [0.15, 0.2) is 42.5 Å². The van der Waals surface area contributed by atoms with Gasteiger partial charge in [-0.25, -0.2) is 4.79 Å². The molecule has 0 spiro atoms. The van der Waals surface area contributed by atoms with E-state index in [1.54, 1.807) is 19.1 Å². The highest BCUT2D eigenvalue weighted by molar-refractivity contribution is 5.85. The monoisotopic (exact) mass is 580 g/mol. The lowest BCUT2D eigenvalue weighted by Gasteiger charge is -2.39. The maximum atomic E-state index is 13.0. The quantitative estimate of drug-likeness (QED) is 0.584. The van der Waals surface area contributed by atoms with Crippen molar-refractivity contribution in [1.29, 1.82) is 0 Å². The number of nitrogens with zero attached hydrogens (tertiary/aromatic N) is 3. The van der Waals surface area contributed by atoms with Gasteiger partial charge in [-0.1, -0.05) is 18.2 Å². The molecule has 2 aromatic carbocycles. The number of carbonyl (C=O) groups is 4. The number of carbonyl (C=O) groups excluding carboxylic acids is 4. The third-order valence-corrected chi connectivity index (χ3v) is 7.68. The summed E-state index contributed by atoms with van der Waals surface area (Å²) in [6.07, 6.45) is 0.154. The number of nitrogens with one attached hydrogen (secondary N) is 1. The molecule has 2 fully saturated rings. The molecule has 42 heavy (non-hydrogen) atoms. The van der Waals surface area contributed by atoms with Crippen LogP contribution in [0.3, 0.4) is 0 Å². The first-order valence-corrected chi connectivity index (χ1v) is 14.1. The second-order valence-electron chi connectivity index (χ2n) is 10.7. The van der Waals surface area contributed by atoms with E-state index in [0.717, 1.165) is 11.1 Å². The van der Waals surface area contributed by atoms with E-state index in [9.17, 15) is 19.2 Å². The van der Waals surface area contributed by atoms with Crippen LogP contribution in [0.2, 0.25) is 0 Å². The summed E-state index contributed by atoms with van der Waals surface area (Å²) in [6.45, 7) is 1.31. The fourth-order valence-corrected chi connectivity index (χ4v) is 5.29. The molecular weight excluding hydrogens is 544 g/mol. The fraction of sp³-hybridized carbons (Fsp3) is 0.467. The van der Waals surface area contributed by atoms with Crippen LogP contribution in [-0.4, -0.2) is 104 Å². The molecule has 4 bridgehead atoms. The van der Waals surface area contributed by atoms with Crippen molar-refractivity contribution in [3.8, 4) is 17.2 Å². The van der Waals surface area contributed by atoms with Crippen LogP contribution in [-0.2, 0) is 36.9 Å². The van der Waals surface area contributed by atoms with Crippen LogP contribution in [0, 0.1) is 0 Å². The molecule has 0 aromatic heterocycles. The van der Waals surface area contributed by atoms with E-state index < -0.39 is 12.2 Å². The summed E-state index contributed by atoms with van der Waals surface area (Å²) in [5.74, 6) is 1.01. The number of piperidine rings is 1. The number of hydrogen-bond acceptors (Lipinski definition) is 8. The number of methoxy groups -OCH3 is 1. The van der Waals surface area contributed by atoms with E-state index in [4.69, 9.17) is 18.9 Å². The first-order chi connectivity index (χ1) is 20.3. The van der Waals surface area contributed by atoms with Crippen LogP contribution >= 0.6 is 0 Å². The molecular formula is C30H36N4O8. The molecule has 4 amide bonds. The van der Waals surface area contributed by atoms with E-state index >= 15 is 0 Å². The SMILES string of the molecule is COc1cc2ccc1Oc1cccc(c1)CO[C@H]1CN(C(=O)CN3CCOC3=O)CC[C@@H]1NC(=O)CN(C)C(=O)CC2. The van der Waals surface area contributed by atoms with E-state index in [-0.39, 0.29) is 63.0 Å². The van der Waals surface area contributed by atoms with E-state index in [1.165, 1.54) is 9.80 Å². The molecule has 224 valence electrons. The lowest BCUT2D eigenvalue weighted by molar-refractivity contribution is -0.139.